The third-order valence-electron chi connectivity index (χ3n) is 10.3. The first-order valence-electron chi connectivity index (χ1n) is 16.5. The molecule has 5 aromatic rings. The molecule has 0 radical (unpaired) electrons. The minimum absolute atomic E-state index is 0.0141. The number of aromatic nitrogens is 2. The molecule has 0 saturated carbocycles. The zero-order chi connectivity index (χ0) is 33.1. The average molecular weight is 649 g/mol. The predicted molar refractivity (Wildman–Crippen MR) is 183 cm³/mol. The van der Waals surface area contributed by atoms with E-state index in [1.54, 1.807) is 14.2 Å². The van der Waals surface area contributed by atoms with Crippen LogP contribution in [-0.2, 0) is 32.3 Å². The summed E-state index contributed by atoms with van der Waals surface area (Å²) < 4.78 is 25.4. The summed E-state index contributed by atoms with van der Waals surface area (Å²) in [5, 5.41) is 10.4. The van der Waals surface area contributed by atoms with Crippen molar-refractivity contribution in [1.29, 1.82) is 0 Å². The maximum Gasteiger partial charge on any atom is 0.323 e. The maximum absolute atomic E-state index is 12.4. The van der Waals surface area contributed by atoms with E-state index < -0.39 is 0 Å². The van der Waals surface area contributed by atoms with E-state index in [1.165, 1.54) is 5.56 Å². The standard InChI is InChI=1S/C38H40N4O6/c1-41-11-9-23-18-31(45-3)32-19-27(23)29(41)15-22-13-28-35(40-38(44)39-28)33(16-22)47-26-7-5-21(6-8-26)14-30-34-24(10-12-42(30)2)17-25(20-43)36(46-4)37(34)48-32/h5-8,13,16-19,29-30,43H,9-12,14-15,20H2,1-4H3,(H2,39,40,44)/t29-,30+/m1/s1. The SMILES string of the molecule is COc1cc2c3cc1Oc1c(OC)c(CO)cc4c1[C@H](Cc1ccc(cc1)Oc1cc(cc5[nH]c(=O)[nH]c15)C[C@H]3N(C)CC2)N(C)CC4. The van der Waals surface area contributed by atoms with Crippen LogP contribution >= 0.6 is 0 Å². The van der Waals surface area contributed by atoms with Crippen LogP contribution in [0.25, 0.3) is 11.0 Å². The molecule has 4 aromatic carbocycles. The number of H-pyrrole nitrogens is 2. The maximum atomic E-state index is 12.4. The van der Waals surface area contributed by atoms with Gasteiger partial charge in [0.1, 0.15) is 11.3 Å². The van der Waals surface area contributed by atoms with E-state index in [4.69, 9.17) is 18.9 Å². The second kappa shape index (κ2) is 12.0. The highest BCUT2D eigenvalue weighted by Crippen LogP contribution is 2.50. The number of benzene rings is 4. The Hall–Kier alpha value is -4.77. The quantitative estimate of drug-likeness (QED) is 0.225. The van der Waals surface area contributed by atoms with Crippen molar-refractivity contribution in [3.8, 4) is 34.5 Å². The van der Waals surface area contributed by atoms with Gasteiger partial charge in [-0.05, 0) is 110 Å². The molecule has 0 fully saturated rings. The van der Waals surface area contributed by atoms with Crippen LogP contribution in [-0.4, -0.2) is 66.3 Å². The van der Waals surface area contributed by atoms with E-state index in [2.05, 4.69) is 64.2 Å². The van der Waals surface area contributed by atoms with Crippen molar-refractivity contribution < 1.29 is 24.1 Å². The predicted octanol–water partition coefficient (Wildman–Crippen LogP) is 5.81. The highest BCUT2D eigenvalue weighted by molar-refractivity contribution is 5.82. The molecule has 3 N–H and O–H groups in total. The van der Waals surface area contributed by atoms with E-state index in [0.29, 0.717) is 57.5 Å². The highest BCUT2D eigenvalue weighted by Gasteiger charge is 2.34. The molecule has 1 aromatic heterocycles. The first kappa shape index (κ1) is 30.6. The van der Waals surface area contributed by atoms with E-state index in [0.717, 1.165) is 60.2 Å². The van der Waals surface area contributed by atoms with Crippen LogP contribution in [0, 0.1) is 0 Å². The average Bonchev–Trinajstić information content (AvgIpc) is 3.47. The van der Waals surface area contributed by atoms with Gasteiger partial charge < -0.3 is 34.0 Å². The normalized spacial score (nSPS) is 19.2. The molecule has 9 rings (SSSR count). The number of hydrogen-bond acceptors (Lipinski definition) is 8. The van der Waals surface area contributed by atoms with E-state index in [-0.39, 0.29) is 24.4 Å². The number of nitrogens with one attached hydrogen (secondary N) is 2. The summed E-state index contributed by atoms with van der Waals surface area (Å²) in [6.07, 6.45) is 3.10. The van der Waals surface area contributed by atoms with Gasteiger partial charge in [0.15, 0.2) is 28.7 Å². The number of likely N-dealkylation sites (N-methyl/N-ethyl adjacent to an activating group) is 2. The van der Waals surface area contributed by atoms with Crippen LogP contribution in [0.3, 0.4) is 0 Å². The van der Waals surface area contributed by atoms with Gasteiger partial charge in [-0.2, -0.15) is 0 Å². The summed E-state index contributed by atoms with van der Waals surface area (Å²) >= 11 is 0. The van der Waals surface area contributed by atoms with Crippen molar-refractivity contribution in [2.75, 3.05) is 41.4 Å². The lowest BCUT2D eigenvalue weighted by molar-refractivity contribution is 0.219. The van der Waals surface area contributed by atoms with Crippen molar-refractivity contribution in [3.63, 3.8) is 0 Å². The summed E-state index contributed by atoms with van der Waals surface area (Å²) in [6, 6.07) is 18.5. The number of imidazole rings is 1. The first-order chi connectivity index (χ1) is 23.3. The Morgan fingerprint density at radius 1 is 0.833 bits per heavy atom. The summed E-state index contributed by atoms with van der Waals surface area (Å²) in [5.74, 6) is 3.68. The molecule has 2 atom stereocenters. The van der Waals surface area contributed by atoms with Crippen molar-refractivity contribution in [2.45, 2.75) is 44.4 Å². The van der Waals surface area contributed by atoms with Crippen molar-refractivity contribution in [2.24, 2.45) is 0 Å². The van der Waals surface area contributed by atoms with Crippen molar-refractivity contribution in [3.05, 3.63) is 104 Å². The van der Waals surface area contributed by atoms with Crippen molar-refractivity contribution >= 4 is 11.0 Å². The minimum Gasteiger partial charge on any atom is -0.493 e. The van der Waals surface area contributed by atoms with Crippen LogP contribution in [0.15, 0.2) is 59.4 Å². The Balaban J connectivity index is 1.37. The zero-order valence-corrected chi connectivity index (χ0v) is 27.7. The van der Waals surface area contributed by atoms with Gasteiger partial charge in [-0.15, -0.1) is 0 Å². The Labute approximate surface area is 278 Å². The van der Waals surface area contributed by atoms with Gasteiger partial charge in [0.25, 0.3) is 0 Å². The Bertz CT molecular complexity index is 2080. The van der Waals surface area contributed by atoms with Gasteiger partial charge >= 0.3 is 5.69 Å². The van der Waals surface area contributed by atoms with Crippen LogP contribution in [0.1, 0.15) is 51.0 Å². The number of aliphatic hydroxyl groups is 1. The van der Waals surface area contributed by atoms with Crippen LogP contribution in [0.2, 0.25) is 0 Å². The molecule has 4 aliphatic rings. The lowest BCUT2D eigenvalue weighted by atomic mass is 9.86. The molecule has 248 valence electrons. The second-order valence-electron chi connectivity index (χ2n) is 13.2. The molecular formula is C38H40N4O6. The summed E-state index contributed by atoms with van der Waals surface area (Å²) in [4.78, 5) is 23.0. The highest BCUT2D eigenvalue weighted by atomic mass is 16.5. The Kier molecular flexibility index (Phi) is 7.66. The number of methoxy groups -OCH3 is 2. The van der Waals surface area contributed by atoms with Gasteiger partial charge in [-0.3, -0.25) is 9.80 Å². The lowest BCUT2D eigenvalue weighted by Gasteiger charge is -2.37. The first-order valence-corrected chi connectivity index (χ1v) is 16.5. The molecule has 0 aliphatic carbocycles. The summed E-state index contributed by atoms with van der Waals surface area (Å²) in [7, 11) is 7.59. The molecule has 10 heteroatoms. The van der Waals surface area contributed by atoms with Crippen LogP contribution in [0.5, 0.6) is 34.5 Å². The largest absolute Gasteiger partial charge is 0.493 e. The van der Waals surface area contributed by atoms with E-state index in [9.17, 15) is 9.90 Å². The van der Waals surface area contributed by atoms with Crippen LogP contribution < -0.4 is 24.6 Å². The number of aliphatic hydroxyl groups excluding tert-OH is 1. The van der Waals surface area contributed by atoms with Crippen LogP contribution in [0.4, 0.5) is 0 Å². The molecule has 6 bridgehead atoms. The topological polar surface area (TPSA) is 112 Å². The van der Waals surface area contributed by atoms with E-state index in [1.807, 2.05) is 24.3 Å². The molecule has 0 spiro atoms. The van der Waals surface area contributed by atoms with Gasteiger partial charge in [-0.25, -0.2) is 4.79 Å². The Morgan fingerprint density at radius 3 is 2.33 bits per heavy atom. The fourth-order valence-corrected chi connectivity index (χ4v) is 7.80. The number of hydrogen-bond donors (Lipinski definition) is 3. The molecule has 4 aliphatic heterocycles. The smallest absolute Gasteiger partial charge is 0.323 e. The third kappa shape index (κ3) is 5.20. The number of nitrogens with zero attached hydrogens (tertiary/aromatic N) is 2. The second-order valence-corrected chi connectivity index (χ2v) is 13.2. The molecule has 0 saturated heterocycles. The number of aromatic amines is 2. The Morgan fingerprint density at radius 2 is 1.58 bits per heavy atom. The third-order valence-corrected chi connectivity index (χ3v) is 10.3. The number of ether oxygens (including phenoxy) is 4. The van der Waals surface area contributed by atoms with Gasteiger partial charge in [0.05, 0.1) is 26.3 Å². The molecule has 10 nitrogen and oxygen atoms in total. The van der Waals surface area contributed by atoms with Gasteiger partial charge in [0.2, 0.25) is 0 Å². The fourth-order valence-electron chi connectivity index (χ4n) is 7.80. The monoisotopic (exact) mass is 648 g/mol. The van der Waals surface area contributed by atoms with Gasteiger partial charge in [0, 0.05) is 36.3 Å². The fraction of sp³-hybridized carbons (Fsp3) is 0.342. The summed E-state index contributed by atoms with van der Waals surface area (Å²) in [6.45, 7) is 1.59. The minimum atomic E-state index is -0.273. The molecule has 48 heavy (non-hydrogen) atoms. The van der Waals surface area contributed by atoms with E-state index >= 15 is 0 Å². The lowest BCUT2D eigenvalue weighted by Crippen LogP contribution is -2.34. The number of fused-ring (bicyclic) bond motifs is 3. The summed E-state index contributed by atoms with van der Waals surface area (Å²) in [5.41, 5.74) is 8.50. The van der Waals surface area contributed by atoms with Crippen molar-refractivity contribution in [1.82, 2.24) is 19.8 Å². The zero-order valence-electron chi connectivity index (χ0n) is 27.7. The number of rotatable bonds is 3. The molecule has 5 heterocycles. The molecule has 0 unspecified atom stereocenters. The van der Waals surface area contributed by atoms with Gasteiger partial charge in [-0.1, -0.05) is 12.1 Å². The molecular weight excluding hydrogens is 608 g/mol. The molecule has 0 amide bonds.